The fraction of sp³-hybridized carbons (Fsp3) is 0. The molecule has 0 unspecified atom stereocenters. The van der Waals surface area contributed by atoms with E-state index in [9.17, 15) is 0 Å². The molecule has 0 aliphatic heterocycles. The Bertz CT molecular complexity index is 2780. The van der Waals surface area contributed by atoms with Crippen molar-refractivity contribution in [3.05, 3.63) is 231 Å². The van der Waals surface area contributed by atoms with Gasteiger partial charge in [-0.3, -0.25) is 0 Å². The Hall–Kier alpha value is -6.67. The van der Waals surface area contributed by atoms with Crippen LogP contribution in [0.1, 0.15) is 0 Å². The van der Waals surface area contributed by atoms with E-state index in [1.54, 1.807) is 0 Å². The van der Waals surface area contributed by atoms with Crippen LogP contribution in [0.2, 0.25) is 0 Å². The zero-order chi connectivity index (χ0) is 36.6. The number of hydrogen-bond acceptors (Lipinski definition) is 0. The summed E-state index contributed by atoms with van der Waals surface area (Å²) in [5, 5.41) is 7.59. The van der Waals surface area contributed by atoms with Crippen molar-refractivity contribution in [1.82, 2.24) is 0 Å². The third-order valence-electron chi connectivity index (χ3n) is 11.0. The SMILES string of the molecule is c1ccc(S(c2ccccc2)(c2ccccc2)c2ccc(-c3ccc(-c4c5ccccc5c(-c5ccc6ccccc6c5)c5ccccc45)cc3)cc2)cc1. The molecular formula is C54H38S. The van der Waals surface area contributed by atoms with Gasteiger partial charge in [-0.2, -0.15) is 0 Å². The topological polar surface area (TPSA) is 0 Å². The first-order valence-corrected chi connectivity index (χ1v) is 20.5. The van der Waals surface area contributed by atoms with Crippen LogP contribution < -0.4 is 0 Å². The molecule has 0 saturated heterocycles. The second-order valence-electron chi connectivity index (χ2n) is 14.1. The van der Waals surface area contributed by atoms with E-state index in [1.165, 1.54) is 85.3 Å². The van der Waals surface area contributed by atoms with Crippen molar-refractivity contribution >= 4 is 42.3 Å². The lowest BCUT2D eigenvalue weighted by molar-refractivity contribution is 1.24. The van der Waals surface area contributed by atoms with Crippen LogP contribution in [0.15, 0.2) is 250 Å². The molecule has 55 heavy (non-hydrogen) atoms. The van der Waals surface area contributed by atoms with Gasteiger partial charge in [0.15, 0.2) is 0 Å². The fourth-order valence-corrected chi connectivity index (χ4v) is 12.3. The van der Waals surface area contributed by atoms with Gasteiger partial charge in [0.05, 0.1) is 0 Å². The minimum absolute atomic E-state index is 1.21. The third-order valence-corrected chi connectivity index (χ3v) is 14.9. The summed E-state index contributed by atoms with van der Waals surface area (Å²) in [5.74, 6) is 0. The molecule has 0 saturated carbocycles. The first kappa shape index (κ1) is 32.9. The van der Waals surface area contributed by atoms with E-state index in [0.29, 0.717) is 0 Å². The average Bonchev–Trinajstić information content (AvgIpc) is 3.27. The highest BCUT2D eigenvalue weighted by atomic mass is 32.3. The number of benzene rings is 10. The van der Waals surface area contributed by atoms with Crippen molar-refractivity contribution in [3.8, 4) is 33.4 Å². The Morgan fingerprint density at radius 2 is 0.545 bits per heavy atom. The van der Waals surface area contributed by atoms with Crippen LogP contribution >= 0.6 is 10.0 Å². The molecule has 1 heteroatoms. The Morgan fingerprint density at radius 3 is 1.02 bits per heavy atom. The minimum atomic E-state index is -1.73. The molecule has 0 aliphatic carbocycles. The van der Waals surface area contributed by atoms with E-state index < -0.39 is 10.0 Å². The van der Waals surface area contributed by atoms with Crippen LogP contribution in [0.5, 0.6) is 0 Å². The second-order valence-corrected chi connectivity index (χ2v) is 17.2. The van der Waals surface area contributed by atoms with Gasteiger partial charge in [0.25, 0.3) is 0 Å². The van der Waals surface area contributed by atoms with Gasteiger partial charge in [0.2, 0.25) is 0 Å². The molecule has 0 radical (unpaired) electrons. The second kappa shape index (κ2) is 14.0. The molecule has 0 nitrogen and oxygen atoms in total. The smallest absolute Gasteiger partial charge is 0.00233 e. The van der Waals surface area contributed by atoms with E-state index in [2.05, 4.69) is 231 Å². The minimum Gasteiger partial charge on any atom is -0.133 e. The Balaban J connectivity index is 1.08. The van der Waals surface area contributed by atoms with Crippen LogP contribution in [0.4, 0.5) is 0 Å². The monoisotopic (exact) mass is 718 g/mol. The van der Waals surface area contributed by atoms with E-state index >= 15 is 0 Å². The Labute approximate surface area is 324 Å². The molecule has 0 heterocycles. The molecular weight excluding hydrogens is 681 g/mol. The normalized spacial score (nSPS) is 11.9. The molecule has 0 spiro atoms. The zero-order valence-electron chi connectivity index (χ0n) is 30.3. The standard InChI is InChI=1S/C54H38S/c1-4-18-45(19-5-1)55(46-20-6-2-7-21-46,47-22-8-3-9-23-47)48-36-34-41(35-37-48)40-28-31-42(32-29-40)53-49-24-12-14-26-51(49)54(52-27-15-13-25-50(52)53)44-33-30-39-16-10-11-17-43(39)38-44/h1-38H. The van der Waals surface area contributed by atoms with Gasteiger partial charge in [0, 0.05) is 19.6 Å². The van der Waals surface area contributed by atoms with Crippen molar-refractivity contribution in [2.75, 3.05) is 0 Å². The number of hydrogen-bond donors (Lipinski definition) is 0. The zero-order valence-corrected chi connectivity index (χ0v) is 31.2. The van der Waals surface area contributed by atoms with Crippen molar-refractivity contribution in [2.45, 2.75) is 19.6 Å². The molecule has 10 rings (SSSR count). The van der Waals surface area contributed by atoms with Gasteiger partial charge in [0.1, 0.15) is 0 Å². The highest BCUT2D eigenvalue weighted by Crippen LogP contribution is 2.73. The molecule has 0 atom stereocenters. The summed E-state index contributed by atoms with van der Waals surface area (Å²) >= 11 is 0. The largest absolute Gasteiger partial charge is 0.133 e. The molecule has 10 aromatic rings. The maximum atomic E-state index is 2.36. The number of fused-ring (bicyclic) bond motifs is 3. The summed E-state index contributed by atoms with van der Waals surface area (Å²) in [5.41, 5.74) is 7.44. The lowest BCUT2D eigenvalue weighted by Crippen LogP contribution is -2.05. The summed E-state index contributed by atoms with van der Waals surface area (Å²) in [6.07, 6.45) is 0. The van der Waals surface area contributed by atoms with E-state index in [4.69, 9.17) is 0 Å². The molecule has 0 N–H and O–H groups in total. The predicted octanol–water partition coefficient (Wildman–Crippen LogP) is 15.5. The van der Waals surface area contributed by atoms with E-state index in [0.717, 1.165) is 0 Å². The van der Waals surface area contributed by atoms with Crippen LogP contribution in [0.3, 0.4) is 0 Å². The summed E-state index contributed by atoms with van der Waals surface area (Å²) < 4.78 is 0. The molecule has 0 aliphatic rings. The first-order valence-electron chi connectivity index (χ1n) is 18.9. The van der Waals surface area contributed by atoms with Gasteiger partial charge in [-0.05, 0) is 120 Å². The van der Waals surface area contributed by atoms with Gasteiger partial charge in [-0.15, -0.1) is 10.0 Å². The van der Waals surface area contributed by atoms with Gasteiger partial charge in [-0.1, -0.05) is 176 Å². The molecule has 0 aromatic heterocycles. The van der Waals surface area contributed by atoms with Crippen LogP contribution in [0, 0.1) is 0 Å². The van der Waals surface area contributed by atoms with Gasteiger partial charge < -0.3 is 0 Å². The van der Waals surface area contributed by atoms with Crippen molar-refractivity contribution in [1.29, 1.82) is 0 Å². The molecule has 0 fully saturated rings. The lowest BCUT2D eigenvalue weighted by Gasteiger charge is -2.42. The third kappa shape index (κ3) is 5.64. The number of rotatable bonds is 7. The van der Waals surface area contributed by atoms with Gasteiger partial charge in [-0.25, -0.2) is 0 Å². The first-order chi connectivity index (χ1) is 27.3. The van der Waals surface area contributed by atoms with Crippen molar-refractivity contribution in [3.63, 3.8) is 0 Å². The summed E-state index contributed by atoms with van der Waals surface area (Å²) in [7, 11) is -1.73. The van der Waals surface area contributed by atoms with Gasteiger partial charge >= 0.3 is 0 Å². The summed E-state index contributed by atoms with van der Waals surface area (Å²) in [6.45, 7) is 0. The molecule has 0 bridgehead atoms. The summed E-state index contributed by atoms with van der Waals surface area (Å²) in [4.78, 5) is 5.31. The van der Waals surface area contributed by atoms with Crippen LogP contribution in [0.25, 0.3) is 65.7 Å². The average molecular weight is 719 g/mol. The maximum Gasteiger partial charge on any atom is 0.00233 e. The highest BCUT2D eigenvalue weighted by Gasteiger charge is 2.33. The van der Waals surface area contributed by atoms with Crippen molar-refractivity contribution < 1.29 is 0 Å². The van der Waals surface area contributed by atoms with Crippen LogP contribution in [-0.4, -0.2) is 0 Å². The quantitative estimate of drug-likeness (QED) is 0.144. The van der Waals surface area contributed by atoms with E-state index in [-0.39, 0.29) is 0 Å². The molecule has 260 valence electrons. The highest BCUT2D eigenvalue weighted by molar-refractivity contribution is 8.34. The lowest BCUT2D eigenvalue weighted by atomic mass is 9.85. The predicted molar refractivity (Wildman–Crippen MR) is 235 cm³/mol. The molecule has 0 amide bonds. The van der Waals surface area contributed by atoms with Crippen LogP contribution in [-0.2, 0) is 0 Å². The van der Waals surface area contributed by atoms with E-state index in [1.807, 2.05) is 0 Å². The maximum absolute atomic E-state index is 2.36. The molecule has 10 aromatic carbocycles. The Morgan fingerprint density at radius 1 is 0.218 bits per heavy atom. The summed E-state index contributed by atoms with van der Waals surface area (Å²) in [6, 6.07) is 85.0. The van der Waals surface area contributed by atoms with Crippen molar-refractivity contribution in [2.24, 2.45) is 0 Å². The Kier molecular flexibility index (Phi) is 8.36. The fourth-order valence-electron chi connectivity index (χ4n) is 8.47.